The van der Waals surface area contributed by atoms with E-state index in [1.165, 1.54) is 6.20 Å². The summed E-state index contributed by atoms with van der Waals surface area (Å²) in [5.41, 5.74) is 1.43. The Morgan fingerprint density at radius 3 is 2.88 bits per heavy atom. The molecular weight excluding hydrogens is 218 g/mol. The van der Waals surface area contributed by atoms with Crippen LogP contribution in [-0.4, -0.2) is 35.7 Å². The van der Waals surface area contributed by atoms with Crippen molar-refractivity contribution >= 4 is 17.4 Å². The predicted octanol–water partition coefficient (Wildman–Crippen LogP) is 1.05. The number of nitrogens with one attached hydrogen (secondary N) is 1. The third-order valence-corrected chi connectivity index (χ3v) is 2.40. The number of ketones is 1. The van der Waals surface area contributed by atoms with E-state index in [4.69, 9.17) is 0 Å². The van der Waals surface area contributed by atoms with Crippen LogP contribution in [0, 0.1) is 0 Å². The molecule has 5 heteroatoms. The molecule has 0 radical (unpaired) electrons. The van der Waals surface area contributed by atoms with Crippen LogP contribution in [-0.2, 0) is 4.79 Å². The summed E-state index contributed by atoms with van der Waals surface area (Å²) in [6.45, 7) is 0. The van der Waals surface area contributed by atoms with Crippen molar-refractivity contribution in [3.05, 3.63) is 35.8 Å². The number of Topliss-reactive ketones (excluding diaryl/α,β-unsaturated/α-hetero) is 1. The first-order valence-corrected chi connectivity index (χ1v) is 5.23. The lowest BCUT2D eigenvalue weighted by atomic mass is 10.0. The summed E-state index contributed by atoms with van der Waals surface area (Å²) in [5.74, 6) is -0.337. The maximum absolute atomic E-state index is 12.2. The molecule has 1 N–H and O–H groups in total. The molecule has 1 aliphatic heterocycles. The number of carbonyl (C=O) groups excluding carboxylic acids is 2. The van der Waals surface area contributed by atoms with E-state index in [0.29, 0.717) is 16.8 Å². The molecule has 0 aromatic carbocycles. The fourth-order valence-electron chi connectivity index (χ4n) is 1.72. The van der Waals surface area contributed by atoms with Crippen molar-refractivity contribution in [2.24, 2.45) is 0 Å². The Kier molecular flexibility index (Phi) is 2.91. The summed E-state index contributed by atoms with van der Waals surface area (Å²) >= 11 is 0. The van der Waals surface area contributed by atoms with Crippen molar-refractivity contribution in [3.8, 4) is 0 Å². The van der Waals surface area contributed by atoms with Crippen LogP contribution in [0.25, 0.3) is 0 Å². The Hall–Kier alpha value is -2.17. The molecule has 0 aliphatic carbocycles. The largest absolute Gasteiger partial charge is 0.383 e. The second-order valence-corrected chi connectivity index (χ2v) is 4.09. The molecule has 1 amide bonds. The summed E-state index contributed by atoms with van der Waals surface area (Å²) in [7, 11) is 3.63. The highest BCUT2D eigenvalue weighted by Crippen LogP contribution is 2.23. The first-order valence-electron chi connectivity index (χ1n) is 5.23. The number of pyridine rings is 1. The molecule has 0 unspecified atom stereocenters. The van der Waals surface area contributed by atoms with Gasteiger partial charge in [0.25, 0.3) is 0 Å². The van der Waals surface area contributed by atoms with E-state index in [9.17, 15) is 9.59 Å². The van der Waals surface area contributed by atoms with Gasteiger partial charge in [0.2, 0.25) is 5.91 Å². The van der Waals surface area contributed by atoms with E-state index in [2.05, 4.69) is 10.3 Å². The monoisotopic (exact) mass is 231 g/mol. The van der Waals surface area contributed by atoms with Crippen LogP contribution >= 0.6 is 0 Å². The molecule has 1 aromatic heterocycles. The molecule has 17 heavy (non-hydrogen) atoms. The maximum Gasteiger partial charge on any atom is 0.229 e. The molecule has 0 saturated heterocycles. The molecule has 0 atom stereocenters. The minimum atomic E-state index is -0.184. The van der Waals surface area contributed by atoms with E-state index >= 15 is 0 Å². The van der Waals surface area contributed by atoms with Gasteiger partial charge >= 0.3 is 0 Å². The van der Waals surface area contributed by atoms with Gasteiger partial charge in [-0.15, -0.1) is 0 Å². The Morgan fingerprint density at radius 2 is 2.18 bits per heavy atom. The summed E-state index contributed by atoms with van der Waals surface area (Å²) in [6, 6.07) is 1.63. The molecule has 1 aromatic rings. The standard InChI is InChI=1S/C12H13N3O2/c1-15(2)7-8-5-11(16)14-10-3-4-13-6-9(10)12(8)17/h3-4,6-7H,5H2,1-2H3,(H,14,16)/b8-7+. The van der Waals surface area contributed by atoms with Gasteiger partial charge in [-0.1, -0.05) is 0 Å². The number of hydrogen-bond acceptors (Lipinski definition) is 4. The van der Waals surface area contributed by atoms with Crippen LogP contribution in [0.1, 0.15) is 16.8 Å². The highest BCUT2D eigenvalue weighted by molar-refractivity contribution is 6.18. The molecule has 0 bridgehead atoms. The number of anilines is 1. The highest BCUT2D eigenvalue weighted by atomic mass is 16.2. The first kappa shape index (κ1) is 11.3. The van der Waals surface area contributed by atoms with Gasteiger partial charge in [0.1, 0.15) is 0 Å². The molecule has 5 nitrogen and oxygen atoms in total. The van der Waals surface area contributed by atoms with Crippen molar-refractivity contribution < 1.29 is 9.59 Å². The zero-order valence-corrected chi connectivity index (χ0v) is 9.73. The van der Waals surface area contributed by atoms with Crippen molar-refractivity contribution in [2.45, 2.75) is 6.42 Å². The lowest BCUT2D eigenvalue weighted by molar-refractivity contribution is -0.115. The Morgan fingerprint density at radius 1 is 1.41 bits per heavy atom. The smallest absolute Gasteiger partial charge is 0.229 e. The van der Waals surface area contributed by atoms with E-state index in [1.807, 2.05) is 14.1 Å². The minimum Gasteiger partial charge on any atom is -0.383 e. The molecular formula is C12H13N3O2. The van der Waals surface area contributed by atoms with Crippen LogP contribution in [0.2, 0.25) is 0 Å². The van der Waals surface area contributed by atoms with Crippen LogP contribution in [0.5, 0.6) is 0 Å². The van der Waals surface area contributed by atoms with Gasteiger partial charge in [0.15, 0.2) is 5.78 Å². The number of hydrogen-bond donors (Lipinski definition) is 1. The van der Waals surface area contributed by atoms with Crippen LogP contribution in [0.4, 0.5) is 5.69 Å². The lowest BCUT2D eigenvalue weighted by Crippen LogP contribution is -2.12. The van der Waals surface area contributed by atoms with E-state index in [-0.39, 0.29) is 18.1 Å². The molecule has 2 heterocycles. The zero-order valence-electron chi connectivity index (χ0n) is 9.73. The molecule has 0 fully saturated rings. The normalized spacial score (nSPS) is 17.4. The third-order valence-electron chi connectivity index (χ3n) is 2.40. The van der Waals surface area contributed by atoms with Crippen molar-refractivity contribution in [2.75, 3.05) is 19.4 Å². The van der Waals surface area contributed by atoms with Crippen molar-refractivity contribution in [1.29, 1.82) is 0 Å². The topological polar surface area (TPSA) is 62.3 Å². The Labute approximate surface area is 99.1 Å². The molecule has 2 rings (SSSR count). The fraction of sp³-hybridized carbons (Fsp3) is 0.250. The van der Waals surface area contributed by atoms with Gasteiger partial charge < -0.3 is 10.2 Å². The lowest BCUT2D eigenvalue weighted by Gasteiger charge is -2.08. The number of rotatable bonds is 1. The number of nitrogens with zero attached hydrogens (tertiary/aromatic N) is 2. The van der Waals surface area contributed by atoms with E-state index in [0.717, 1.165) is 0 Å². The van der Waals surface area contributed by atoms with Crippen molar-refractivity contribution in [1.82, 2.24) is 9.88 Å². The zero-order chi connectivity index (χ0) is 12.4. The summed E-state index contributed by atoms with van der Waals surface area (Å²) < 4.78 is 0. The van der Waals surface area contributed by atoms with E-state index in [1.54, 1.807) is 23.4 Å². The minimum absolute atomic E-state index is 0.0890. The quantitative estimate of drug-likeness (QED) is 0.734. The third kappa shape index (κ3) is 2.33. The number of aromatic nitrogens is 1. The number of fused-ring (bicyclic) bond motifs is 1. The summed E-state index contributed by atoms with van der Waals surface area (Å²) in [6.07, 6.45) is 4.79. The highest BCUT2D eigenvalue weighted by Gasteiger charge is 2.24. The number of amides is 1. The maximum atomic E-state index is 12.2. The second kappa shape index (κ2) is 4.37. The van der Waals surface area contributed by atoms with Crippen LogP contribution in [0.3, 0.4) is 0 Å². The Bertz CT molecular complexity index is 506. The molecule has 1 aliphatic rings. The van der Waals surface area contributed by atoms with Gasteiger partial charge in [0.05, 0.1) is 17.7 Å². The van der Waals surface area contributed by atoms with Gasteiger partial charge in [-0.3, -0.25) is 14.6 Å². The van der Waals surface area contributed by atoms with E-state index < -0.39 is 0 Å². The van der Waals surface area contributed by atoms with Crippen LogP contribution < -0.4 is 5.32 Å². The average molecular weight is 231 g/mol. The Balaban J connectivity index is 2.50. The number of carbonyl (C=O) groups is 2. The van der Waals surface area contributed by atoms with Crippen LogP contribution in [0.15, 0.2) is 30.2 Å². The molecule has 88 valence electrons. The average Bonchev–Trinajstić information content (AvgIpc) is 2.37. The van der Waals surface area contributed by atoms with Gasteiger partial charge in [-0.25, -0.2) is 0 Å². The predicted molar refractivity (Wildman–Crippen MR) is 63.6 cm³/mol. The second-order valence-electron chi connectivity index (χ2n) is 4.09. The molecule has 0 saturated carbocycles. The first-order chi connectivity index (χ1) is 8.08. The van der Waals surface area contributed by atoms with Crippen molar-refractivity contribution in [3.63, 3.8) is 0 Å². The summed E-state index contributed by atoms with van der Waals surface area (Å²) in [4.78, 5) is 29.5. The van der Waals surface area contributed by atoms with Gasteiger partial charge in [-0.2, -0.15) is 0 Å². The van der Waals surface area contributed by atoms with Gasteiger partial charge in [-0.05, 0) is 6.07 Å². The fourth-order valence-corrected chi connectivity index (χ4v) is 1.72. The SMILES string of the molecule is CN(C)/C=C1\CC(=O)Nc2ccncc2C1=O. The molecule has 0 spiro atoms. The summed E-state index contributed by atoms with van der Waals surface area (Å²) in [5, 5.41) is 2.70. The van der Waals surface area contributed by atoms with Gasteiger partial charge in [0, 0.05) is 38.3 Å².